The number of benzene rings is 1. The highest BCUT2D eigenvalue weighted by Gasteiger charge is 2.22. The Bertz CT molecular complexity index is 712. The maximum Gasteiger partial charge on any atom is 0.294 e. The van der Waals surface area contributed by atoms with Gasteiger partial charge in [-0.3, -0.25) is 14.9 Å². The first-order chi connectivity index (χ1) is 11.1. The molecule has 0 atom stereocenters. The molecule has 1 saturated heterocycles. The SMILES string of the molecule is O=C(Nc1ccc(N2CCOCC2)c([N+](=O)[O-])c1)c1cccs1. The lowest BCUT2D eigenvalue weighted by molar-refractivity contribution is -0.384. The number of carbonyl (C=O) groups is 1. The number of hydrogen-bond donors (Lipinski definition) is 1. The van der Waals surface area contributed by atoms with Crippen molar-refractivity contribution in [3.63, 3.8) is 0 Å². The van der Waals surface area contributed by atoms with Crippen LogP contribution >= 0.6 is 11.3 Å². The number of nitro groups is 1. The predicted molar refractivity (Wildman–Crippen MR) is 88.4 cm³/mol. The zero-order valence-electron chi connectivity index (χ0n) is 12.2. The molecule has 0 spiro atoms. The van der Waals surface area contributed by atoms with Crippen molar-refractivity contribution < 1.29 is 14.5 Å². The lowest BCUT2D eigenvalue weighted by Crippen LogP contribution is -2.36. The second-order valence-electron chi connectivity index (χ2n) is 4.99. The number of nitrogens with zero attached hydrogens (tertiary/aromatic N) is 2. The van der Waals surface area contributed by atoms with E-state index in [0.717, 1.165) is 0 Å². The molecule has 1 aromatic heterocycles. The van der Waals surface area contributed by atoms with Crippen LogP contribution in [0.3, 0.4) is 0 Å². The van der Waals surface area contributed by atoms with Crippen LogP contribution < -0.4 is 10.2 Å². The van der Waals surface area contributed by atoms with Crippen LogP contribution in [0.4, 0.5) is 17.1 Å². The van der Waals surface area contributed by atoms with Gasteiger partial charge in [0.05, 0.1) is 23.0 Å². The van der Waals surface area contributed by atoms with Crippen LogP contribution in [0.1, 0.15) is 9.67 Å². The standard InChI is InChI=1S/C15H15N3O4S/c19-15(14-2-1-9-23-14)16-11-3-4-12(13(10-11)18(20)21)17-5-7-22-8-6-17/h1-4,9-10H,5-8H2,(H,16,19). The third-order valence-electron chi connectivity index (χ3n) is 3.53. The van der Waals surface area contributed by atoms with Crippen LogP contribution in [0.25, 0.3) is 0 Å². The minimum atomic E-state index is -0.425. The Morgan fingerprint density at radius 1 is 1.30 bits per heavy atom. The molecule has 1 aliphatic rings. The summed E-state index contributed by atoms with van der Waals surface area (Å²) in [6.07, 6.45) is 0. The fourth-order valence-corrected chi connectivity index (χ4v) is 3.04. The van der Waals surface area contributed by atoms with Crippen LogP contribution in [0.2, 0.25) is 0 Å². The van der Waals surface area contributed by atoms with Crippen molar-refractivity contribution in [3.05, 3.63) is 50.7 Å². The van der Waals surface area contributed by atoms with Gasteiger partial charge in [-0.2, -0.15) is 0 Å². The van der Waals surface area contributed by atoms with Gasteiger partial charge in [-0.15, -0.1) is 11.3 Å². The quantitative estimate of drug-likeness (QED) is 0.687. The molecule has 0 radical (unpaired) electrons. The van der Waals surface area contributed by atoms with Gasteiger partial charge in [0.1, 0.15) is 5.69 Å². The Morgan fingerprint density at radius 2 is 2.09 bits per heavy atom. The van der Waals surface area contributed by atoms with Crippen molar-refractivity contribution in [2.24, 2.45) is 0 Å². The Balaban J connectivity index is 1.84. The van der Waals surface area contributed by atoms with Crippen LogP contribution in [0.15, 0.2) is 35.7 Å². The van der Waals surface area contributed by atoms with Gasteiger partial charge in [-0.25, -0.2) is 0 Å². The third-order valence-corrected chi connectivity index (χ3v) is 4.40. The summed E-state index contributed by atoms with van der Waals surface area (Å²) in [7, 11) is 0. The average molecular weight is 333 g/mol. The van der Waals surface area contributed by atoms with Gasteiger partial charge in [-0.1, -0.05) is 6.07 Å². The number of amides is 1. The maximum absolute atomic E-state index is 12.0. The molecule has 1 amide bonds. The summed E-state index contributed by atoms with van der Waals surface area (Å²) in [4.78, 5) is 25.5. The van der Waals surface area contributed by atoms with E-state index in [1.54, 1.807) is 29.6 Å². The van der Waals surface area contributed by atoms with Gasteiger partial charge in [0.2, 0.25) is 0 Å². The Morgan fingerprint density at radius 3 is 2.74 bits per heavy atom. The fourth-order valence-electron chi connectivity index (χ4n) is 2.42. The number of carbonyl (C=O) groups excluding carboxylic acids is 1. The molecule has 2 heterocycles. The summed E-state index contributed by atoms with van der Waals surface area (Å²) in [5.74, 6) is -0.270. The summed E-state index contributed by atoms with van der Waals surface area (Å²) in [5, 5.41) is 15.9. The third kappa shape index (κ3) is 3.49. The van der Waals surface area contributed by atoms with E-state index in [4.69, 9.17) is 4.74 Å². The van der Waals surface area contributed by atoms with E-state index >= 15 is 0 Å². The molecule has 0 unspecified atom stereocenters. The van der Waals surface area contributed by atoms with Gasteiger partial charge in [0, 0.05) is 24.8 Å². The number of nitro benzene ring substituents is 1. The van der Waals surface area contributed by atoms with E-state index in [-0.39, 0.29) is 11.6 Å². The highest BCUT2D eigenvalue weighted by atomic mass is 32.1. The summed E-state index contributed by atoms with van der Waals surface area (Å²) in [5.41, 5.74) is 0.940. The van der Waals surface area contributed by atoms with Crippen LogP contribution in [0.5, 0.6) is 0 Å². The molecule has 1 aliphatic heterocycles. The van der Waals surface area contributed by atoms with Crippen molar-refractivity contribution in [1.29, 1.82) is 0 Å². The van der Waals surface area contributed by atoms with Gasteiger partial charge in [0.15, 0.2) is 0 Å². The predicted octanol–water partition coefficient (Wildman–Crippen LogP) is 2.75. The van der Waals surface area contributed by atoms with E-state index in [1.165, 1.54) is 17.4 Å². The molecule has 1 fully saturated rings. The molecule has 120 valence electrons. The number of rotatable bonds is 4. The Labute approximate surface area is 136 Å². The first kappa shape index (κ1) is 15.4. The van der Waals surface area contributed by atoms with Gasteiger partial charge < -0.3 is 15.0 Å². The monoisotopic (exact) mass is 333 g/mol. The van der Waals surface area contributed by atoms with E-state index in [9.17, 15) is 14.9 Å². The Hall–Kier alpha value is -2.45. The molecular formula is C15H15N3O4S. The van der Waals surface area contributed by atoms with Crippen molar-refractivity contribution >= 4 is 34.3 Å². The topological polar surface area (TPSA) is 84.7 Å². The molecule has 8 heteroatoms. The lowest BCUT2D eigenvalue weighted by Gasteiger charge is -2.28. The summed E-state index contributed by atoms with van der Waals surface area (Å²) in [6, 6.07) is 8.24. The van der Waals surface area contributed by atoms with E-state index < -0.39 is 4.92 Å². The maximum atomic E-state index is 12.0. The zero-order valence-corrected chi connectivity index (χ0v) is 13.0. The number of thiophene rings is 1. The van der Waals surface area contributed by atoms with Crippen LogP contribution in [-0.4, -0.2) is 37.1 Å². The smallest absolute Gasteiger partial charge is 0.294 e. The molecule has 23 heavy (non-hydrogen) atoms. The summed E-state index contributed by atoms with van der Waals surface area (Å²) in [6.45, 7) is 2.32. The molecule has 0 bridgehead atoms. The van der Waals surface area contributed by atoms with Crippen molar-refractivity contribution in [1.82, 2.24) is 0 Å². The number of morpholine rings is 1. The van der Waals surface area contributed by atoms with Crippen LogP contribution in [0, 0.1) is 10.1 Å². The number of ether oxygens (including phenoxy) is 1. The molecule has 1 N–H and O–H groups in total. The molecular weight excluding hydrogens is 318 g/mol. The first-order valence-corrected chi connectivity index (χ1v) is 7.99. The van der Waals surface area contributed by atoms with Gasteiger partial charge in [0.25, 0.3) is 11.6 Å². The van der Waals surface area contributed by atoms with Crippen molar-refractivity contribution in [2.75, 3.05) is 36.5 Å². The molecule has 1 aromatic carbocycles. The molecule has 0 saturated carbocycles. The average Bonchev–Trinajstić information content (AvgIpc) is 3.10. The van der Waals surface area contributed by atoms with Gasteiger partial charge >= 0.3 is 0 Å². The highest BCUT2D eigenvalue weighted by Crippen LogP contribution is 2.32. The van der Waals surface area contributed by atoms with Crippen molar-refractivity contribution in [2.45, 2.75) is 0 Å². The van der Waals surface area contributed by atoms with E-state index in [0.29, 0.717) is 42.6 Å². The first-order valence-electron chi connectivity index (χ1n) is 7.11. The summed E-state index contributed by atoms with van der Waals surface area (Å²) >= 11 is 1.32. The lowest BCUT2D eigenvalue weighted by atomic mass is 10.2. The molecule has 0 aliphatic carbocycles. The normalized spacial score (nSPS) is 14.5. The zero-order chi connectivity index (χ0) is 16.2. The van der Waals surface area contributed by atoms with E-state index in [1.807, 2.05) is 4.90 Å². The number of hydrogen-bond acceptors (Lipinski definition) is 6. The largest absolute Gasteiger partial charge is 0.378 e. The van der Waals surface area contributed by atoms with Crippen LogP contribution in [-0.2, 0) is 4.74 Å². The van der Waals surface area contributed by atoms with E-state index in [2.05, 4.69) is 5.32 Å². The minimum Gasteiger partial charge on any atom is -0.378 e. The molecule has 7 nitrogen and oxygen atoms in total. The second kappa shape index (κ2) is 6.76. The highest BCUT2D eigenvalue weighted by molar-refractivity contribution is 7.12. The second-order valence-corrected chi connectivity index (χ2v) is 5.94. The Kier molecular flexibility index (Phi) is 4.54. The number of nitrogens with one attached hydrogen (secondary N) is 1. The van der Waals surface area contributed by atoms with Gasteiger partial charge in [-0.05, 0) is 23.6 Å². The number of anilines is 2. The molecule has 3 rings (SSSR count). The van der Waals surface area contributed by atoms with Crippen molar-refractivity contribution in [3.8, 4) is 0 Å². The molecule has 2 aromatic rings. The fraction of sp³-hybridized carbons (Fsp3) is 0.267. The summed E-state index contributed by atoms with van der Waals surface area (Å²) < 4.78 is 5.27. The minimum absolute atomic E-state index is 0.0177.